The molecule has 0 bridgehead atoms. The number of unbranched alkanes of at least 4 members (excludes halogenated alkanes) is 1. The Morgan fingerprint density at radius 2 is 1.75 bits per heavy atom. The smallest absolute Gasteiger partial charge is 0.230 e. The second kappa shape index (κ2) is 10.7. The largest absolute Gasteiger partial charge is 0.355 e. The zero-order chi connectivity index (χ0) is 17.2. The molecule has 1 amide bonds. The molecule has 1 aliphatic rings. The van der Waals surface area contributed by atoms with Crippen molar-refractivity contribution >= 4 is 17.7 Å². The molecule has 1 saturated heterocycles. The van der Waals surface area contributed by atoms with Gasteiger partial charge in [0.2, 0.25) is 5.91 Å². The van der Waals surface area contributed by atoms with Crippen molar-refractivity contribution < 1.29 is 4.79 Å². The number of thioether (sulfide) groups is 1. The lowest BCUT2D eigenvalue weighted by Crippen LogP contribution is -2.46. The molecule has 0 aliphatic carbocycles. The molecule has 0 spiro atoms. The Hall–Kier alpha value is -1.04. The summed E-state index contributed by atoms with van der Waals surface area (Å²) in [6, 6.07) is 8.32. The number of hydrogen-bond acceptors (Lipinski definition) is 4. The maximum atomic E-state index is 11.9. The topological polar surface area (TPSA) is 35.6 Å². The molecule has 0 radical (unpaired) electrons. The summed E-state index contributed by atoms with van der Waals surface area (Å²) in [6.07, 6.45) is 2.23. The van der Waals surface area contributed by atoms with Crippen molar-refractivity contribution in [3.63, 3.8) is 0 Å². The van der Waals surface area contributed by atoms with Crippen LogP contribution in [0.3, 0.4) is 0 Å². The van der Waals surface area contributed by atoms with Crippen molar-refractivity contribution in [1.29, 1.82) is 0 Å². The van der Waals surface area contributed by atoms with Crippen molar-refractivity contribution in [2.24, 2.45) is 0 Å². The molecule has 1 aromatic carbocycles. The molecule has 2 rings (SSSR count). The zero-order valence-electron chi connectivity index (χ0n) is 15.1. The van der Waals surface area contributed by atoms with E-state index in [2.05, 4.69) is 53.2 Å². The van der Waals surface area contributed by atoms with E-state index in [1.165, 1.54) is 38.3 Å². The summed E-state index contributed by atoms with van der Waals surface area (Å²) >= 11 is 1.60. The first-order valence-electron chi connectivity index (χ1n) is 9.08. The zero-order valence-corrected chi connectivity index (χ0v) is 15.9. The average molecular weight is 350 g/mol. The number of rotatable bonds is 9. The first-order valence-corrected chi connectivity index (χ1v) is 10.1. The monoisotopic (exact) mass is 349 g/mol. The second-order valence-corrected chi connectivity index (χ2v) is 7.48. The van der Waals surface area contributed by atoms with Crippen molar-refractivity contribution in [2.75, 3.05) is 51.6 Å². The molecule has 24 heavy (non-hydrogen) atoms. The average Bonchev–Trinajstić information content (AvgIpc) is 2.61. The maximum absolute atomic E-state index is 11.9. The quantitative estimate of drug-likeness (QED) is 0.549. The van der Waals surface area contributed by atoms with E-state index in [0.29, 0.717) is 5.75 Å². The molecular weight excluding hydrogens is 318 g/mol. The van der Waals surface area contributed by atoms with Crippen LogP contribution in [-0.2, 0) is 4.79 Å². The molecule has 4 nitrogen and oxygen atoms in total. The number of carbonyl (C=O) groups excluding carboxylic acids is 1. The first-order chi connectivity index (χ1) is 11.7. The molecule has 1 aliphatic heterocycles. The summed E-state index contributed by atoms with van der Waals surface area (Å²) in [4.78, 5) is 18.1. The van der Waals surface area contributed by atoms with E-state index in [4.69, 9.17) is 0 Å². The van der Waals surface area contributed by atoms with E-state index < -0.39 is 0 Å². The highest BCUT2D eigenvalue weighted by molar-refractivity contribution is 8.00. The number of piperazine rings is 1. The van der Waals surface area contributed by atoms with Gasteiger partial charge in [0.25, 0.3) is 0 Å². The van der Waals surface area contributed by atoms with Crippen LogP contribution in [0.5, 0.6) is 0 Å². The van der Waals surface area contributed by atoms with Gasteiger partial charge in [-0.2, -0.15) is 0 Å². The Balaban J connectivity index is 1.48. The van der Waals surface area contributed by atoms with Gasteiger partial charge in [-0.25, -0.2) is 0 Å². The predicted molar refractivity (Wildman–Crippen MR) is 103 cm³/mol. The minimum Gasteiger partial charge on any atom is -0.355 e. The van der Waals surface area contributed by atoms with Crippen LogP contribution in [0.25, 0.3) is 0 Å². The van der Waals surface area contributed by atoms with E-state index in [0.717, 1.165) is 30.8 Å². The summed E-state index contributed by atoms with van der Waals surface area (Å²) in [6.45, 7) is 12.2. The molecule has 1 fully saturated rings. The fourth-order valence-electron chi connectivity index (χ4n) is 2.85. The minimum atomic E-state index is 0.136. The highest BCUT2D eigenvalue weighted by Crippen LogP contribution is 2.17. The maximum Gasteiger partial charge on any atom is 0.230 e. The second-order valence-electron chi connectivity index (χ2n) is 6.43. The molecule has 0 saturated carbocycles. The van der Waals surface area contributed by atoms with Crippen molar-refractivity contribution in [3.05, 3.63) is 29.8 Å². The lowest BCUT2D eigenvalue weighted by molar-refractivity contribution is -0.118. The van der Waals surface area contributed by atoms with E-state index in [1.807, 2.05) is 0 Å². The fourth-order valence-corrected chi connectivity index (χ4v) is 3.58. The minimum absolute atomic E-state index is 0.136. The van der Waals surface area contributed by atoms with Crippen LogP contribution in [-0.4, -0.2) is 67.3 Å². The third-order valence-electron chi connectivity index (χ3n) is 4.53. The van der Waals surface area contributed by atoms with Crippen LogP contribution in [0.4, 0.5) is 0 Å². The van der Waals surface area contributed by atoms with Crippen molar-refractivity contribution in [3.8, 4) is 0 Å². The summed E-state index contributed by atoms with van der Waals surface area (Å²) in [5.74, 6) is 0.638. The van der Waals surface area contributed by atoms with Gasteiger partial charge in [0, 0.05) is 37.6 Å². The van der Waals surface area contributed by atoms with Gasteiger partial charge < -0.3 is 15.1 Å². The number of hydrogen-bond donors (Lipinski definition) is 1. The summed E-state index contributed by atoms with van der Waals surface area (Å²) < 4.78 is 0. The number of aryl methyl sites for hydroxylation is 1. The number of amides is 1. The summed E-state index contributed by atoms with van der Waals surface area (Å²) in [5, 5.41) is 3.03. The molecule has 1 aromatic rings. The van der Waals surface area contributed by atoms with Crippen molar-refractivity contribution in [1.82, 2.24) is 15.1 Å². The van der Waals surface area contributed by atoms with Gasteiger partial charge in [-0.1, -0.05) is 24.6 Å². The number of likely N-dealkylation sites (N-methyl/N-ethyl adjacent to an activating group) is 1. The Morgan fingerprint density at radius 1 is 1.08 bits per heavy atom. The standard InChI is InChI=1S/C19H31N3OS/c1-3-21-12-14-22(15-13-21)11-5-4-10-20-19(23)16-24-18-8-6-17(2)7-9-18/h6-9H,3-5,10-16H2,1-2H3,(H,20,23). The van der Waals surface area contributed by atoms with E-state index in [-0.39, 0.29) is 5.91 Å². The highest BCUT2D eigenvalue weighted by Gasteiger charge is 2.14. The van der Waals surface area contributed by atoms with E-state index >= 15 is 0 Å². The molecule has 0 atom stereocenters. The Bertz CT molecular complexity index is 484. The molecule has 134 valence electrons. The third-order valence-corrected chi connectivity index (χ3v) is 5.54. The first kappa shape index (κ1) is 19.3. The highest BCUT2D eigenvalue weighted by atomic mass is 32.2. The van der Waals surface area contributed by atoms with Gasteiger partial charge in [-0.3, -0.25) is 4.79 Å². The molecule has 1 N–H and O–H groups in total. The van der Waals surface area contributed by atoms with Crippen LogP contribution >= 0.6 is 11.8 Å². The van der Waals surface area contributed by atoms with Crippen molar-refractivity contribution in [2.45, 2.75) is 31.6 Å². The van der Waals surface area contributed by atoms with Gasteiger partial charge in [-0.05, 0) is 45.0 Å². The third kappa shape index (κ3) is 7.24. The molecular formula is C19H31N3OS. The lowest BCUT2D eigenvalue weighted by atomic mass is 10.2. The summed E-state index contributed by atoms with van der Waals surface area (Å²) in [7, 11) is 0. The number of benzene rings is 1. The fraction of sp³-hybridized carbons (Fsp3) is 0.632. The number of carbonyl (C=O) groups is 1. The number of nitrogens with zero attached hydrogens (tertiary/aromatic N) is 2. The Kier molecular flexibility index (Phi) is 8.64. The normalized spacial score (nSPS) is 16.2. The van der Waals surface area contributed by atoms with Gasteiger partial charge in [0.05, 0.1) is 5.75 Å². The predicted octanol–water partition coefficient (Wildman–Crippen LogP) is 2.62. The van der Waals surface area contributed by atoms with E-state index in [9.17, 15) is 4.79 Å². The molecule has 1 heterocycles. The Morgan fingerprint density at radius 3 is 2.42 bits per heavy atom. The lowest BCUT2D eigenvalue weighted by Gasteiger charge is -2.33. The van der Waals surface area contributed by atoms with Crippen LogP contribution in [0.2, 0.25) is 0 Å². The summed E-state index contributed by atoms with van der Waals surface area (Å²) in [5.41, 5.74) is 1.25. The molecule has 0 aromatic heterocycles. The van der Waals surface area contributed by atoms with E-state index in [1.54, 1.807) is 11.8 Å². The van der Waals surface area contributed by atoms with Crippen LogP contribution in [0.15, 0.2) is 29.2 Å². The Labute approximate surface area is 151 Å². The molecule has 5 heteroatoms. The van der Waals surface area contributed by atoms with Crippen LogP contribution < -0.4 is 5.32 Å². The SMILES string of the molecule is CCN1CCN(CCCCNC(=O)CSc2ccc(C)cc2)CC1. The van der Waals surface area contributed by atoms with Gasteiger partial charge >= 0.3 is 0 Å². The van der Waals surface area contributed by atoms with Gasteiger partial charge in [0.15, 0.2) is 0 Å². The number of nitrogens with one attached hydrogen (secondary N) is 1. The van der Waals surface area contributed by atoms with Crippen LogP contribution in [0.1, 0.15) is 25.3 Å². The van der Waals surface area contributed by atoms with Gasteiger partial charge in [-0.15, -0.1) is 11.8 Å². The molecule has 0 unspecified atom stereocenters. The van der Waals surface area contributed by atoms with Crippen LogP contribution in [0, 0.1) is 6.92 Å². The van der Waals surface area contributed by atoms with Gasteiger partial charge in [0.1, 0.15) is 0 Å².